The van der Waals surface area contributed by atoms with E-state index in [1.165, 1.54) is 6.08 Å². The number of halogens is 15. The predicted octanol–water partition coefficient (Wildman–Crippen LogP) is 6.12. The Morgan fingerprint density at radius 2 is 1.12 bits per heavy atom. The predicted molar refractivity (Wildman–Crippen MR) is 75.5 cm³/mol. The Bertz CT molecular complexity index is 798. The fraction of sp³-hybridized carbons (Fsp3) is 0.812. The van der Waals surface area contributed by atoms with E-state index in [4.69, 9.17) is 0 Å². The second-order valence-corrected chi connectivity index (χ2v) is 7.57. The zero-order valence-corrected chi connectivity index (χ0v) is 15.5. The molecule has 2 bridgehead atoms. The summed E-state index contributed by atoms with van der Waals surface area (Å²) in [5.74, 6) is -50.8. The highest BCUT2D eigenvalue weighted by atomic mass is 19.4. The molecule has 2 rings (SSSR count). The van der Waals surface area contributed by atoms with Crippen LogP contribution in [0.2, 0.25) is 0 Å². The molecule has 2 nitrogen and oxygen atoms in total. The Labute approximate surface area is 173 Å². The van der Waals surface area contributed by atoms with Crippen LogP contribution < -0.4 is 0 Å². The average Bonchev–Trinajstić information content (AvgIpc) is 3.27. The summed E-state index contributed by atoms with van der Waals surface area (Å²) in [5, 5.41) is 0. The zero-order valence-electron chi connectivity index (χ0n) is 15.5. The molecule has 3 atom stereocenters. The van der Waals surface area contributed by atoms with Gasteiger partial charge in [0.1, 0.15) is 0 Å². The monoisotopic (exact) mass is 520 g/mol. The van der Waals surface area contributed by atoms with Gasteiger partial charge in [0, 0.05) is 0 Å². The molecule has 2 aliphatic rings. The molecular formula is C16H11F15O2. The molecule has 192 valence electrons. The summed E-state index contributed by atoms with van der Waals surface area (Å²) in [5.41, 5.74) is 0. The van der Waals surface area contributed by atoms with Crippen LogP contribution in [0.25, 0.3) is 0 Å². The first-order chi connectivity index (χ1) is 14.5. The van der Waals surface area contributed by atoms with E-state index in [0.29, 0.717) is 6.42 Å². The molecule has 0 aromatic heterocycles. The van der Waals surface area contributed by atoms with Crippen molar-refractivity contribution in [2.75, 3.05) is 6.61 Å². The molecule has 0 aromatic carbocycles. The number of hydrogen-bond donors (Lipinski definition) is 0. The molecule has 0 heterocycles. The Hall–Kier alpha value is -1.84. The van der Waals surface area contributed by atoms with Crippen molar-refractivity contribution in [2.45, 2.75) is 54.6 Å². The second-order valence-electron chi connectivity index (χ2n) is 7.57. The molecule has 0 N–H and O–H groups in total. The summed E-state index contributed by atoms with van der Waals surface area (Å²) >= 11 is 0. The molecule has 33 heavy (non-hydrogen) atoms. The van der Waals surface area contributed by atoms with E-state index in [-0.39, 0.29) is 12.3 Å². The molecule has 0 radical (unpaired) electrons. The van der Waals surface area contributed by atoms with Gasteiger partial charge in [-0.3, -0.25) is 4.79 Å². The largest absolute Gasteiger partial charge is 0.460 e. The Kier molecular flexibility index (Phi) is 6.30. The van der Waals surface area contributed by atoms with Crippen LogP contribution in [-0.2, 0) is 9.53 Å². The quantitative estimate of drug-likeness (QED) is 0.219. The molecular weight excluding hydrogens is 509 g/mol. The maximum absolute atomic E-state index is 13.7. The van der Waals surface area contributed by atoms with Gasteiger partial charge in [-0.05, 0) is 24.7 Å². The molecule has 17 heteroatoms. The standard InChI is InChI=1S/C16H11F15O2/c17-10(18,5-33-9(32)8-4-6-1-2-7(8)3-6)11(19,20)12(21,22)13(23,24)14(25,26)15(27,28)16(29,30)31/h1-2,6-8H,3-5H2. The number of esters is 1. The highest BCUT2D eigenvalue weighted by Gasteiger charge is 2.93. The Morgan fingerprint density at radius 3 is 1.52 bits per heavy atom. The van der Waals surface area contributed by atoms with Crippen LogP contribution in [0.1, 0.15) is 12.8 Å². The van der Waals surface area contributed by atoms with Crippen LogP contribution >= 0.6 is 0 Å². The highest BCUT2D eigenvalue weighted by molar-refractivity contribution is 5.74. The maximum atomic E-state index is 13.7. The van der Waals surface area contributed by atoms with E-state index < -0.39 is 66.1 Å². The van der Waals surface area contributed by atoms with Crippen molar-refractivity contribution in [3.63, 3.8) is 0 Å². The molecule has 0 aliphatic heterocycles. The molecule has 0 spiro atoms. The zero-order chi connectivity index (χ0) is 26.1. The fourth-order valence-electron chi connectivity index (χ4n) is 3.41. The molecule has 1 fully saturated rings. The lowest BCUT2D eigenvalue weighted by Crippen LogP contribution is -2.73. The van der Waals surface area contributed by atoms with Gasteiger partial charge in [0.25, 0.3) is 0 Å². The minimum atomic E-state index is -8.36. The van der Waals surface area contributed by atoms with Gasteiger partial charge in [0.05, 0.1) is 5.92 Å². The first-order valence-corrected chi connectivity index (χ1v) is 8.64. The first kappa shape index (κ1) is 27.4. The summed E-state index contributed by atoms with van der Waals surface area (Å²) in [7, 11) is 0. The van der Waals surface area contributed by atoms with Crippen LogP contribution in [0.3, 0.4) is 0 Å². The number of ether oxygens (including phenoxy) is 1. The summed E-state index contributed by atoms with van der Waals surface area (Å²) in [6.07, 6.45) is -4.28. The lowest BCUT2D eigenvalue weighted by Gasteiger charge is -2.41. The number of allylic oxidation sites excluding steroid dienone is 2. The number of hydrogen-bond acceptors (Lipinski definition) is 2. The van der Waals surface area contributed by atoms with Crippen LogP contribution in [0.15, 0.2) is 12.2 Å². The van der Waals surface area contributed by atoms with Gasteiger partial charge < -0.3 is 4.74 Å². The number of fused-ring (bicyclic) bond motifs is 2. The van der Waals surface area contributed by atoms with Crippen molar-refractivity contribution in [2.24, 2.45) is 17.8 Å². The maximum Gasteiger partial charge on any atom is 0.460 e. The summed E-state index contributed by atoms with van der Waals surface area (Å²) in [6.45, 7) is -3.08. The SMILES string of the molecule is O=C(OCC(F)(F)C(F)(F)C(F)(F)C(F)(F)C(F)(F)C(F)(F)C(F)(F)F)C1CC2C=CC1C2. The van der Waals surface area contributed by atoms with E-state index in [1.54, 1.807) is 6.08 Å². The second kappa shape index (κ2) is 7.58. The first-order valence-electron chi connectivity index (χ1n) is 8.64. The molecule has 0 amide bonds. The van der Waals surface area contributed by atoms with Crippen LogP contribution in [0, 0.1) is 17.8 Å². The molecule has 0 aromatic rings. The minimum absolute atomic E-state index is 0.0189. The third kappa shape index (κ3) is 3.82. The van der Waals surface area contributed by atoms with Gasteiger partial charge >= 0.3 is 47.7 Å². The van der Waals surface area contributed by atoms with Gasteiger partial charge in [-0.2, -0.15) is 65.9 Å². The normalized spacial score (nSPS) is 25.0. The molecule has 2 aliphatic carbocycles. The van der Waals surface area contributed by atoms with E-state index in [9.17, 15) is 70.7 Å². The van der Waals surface area contributed by atoms with Crippen LogP contribution in [0.4, 0.5) is 65.9 Å². The van der Waals surface area contributed by atoms with Crippen LogP contribution in [0.5, 0.6) is 0 Å². The van der Waals surface area contributed by atoms with Crippen molar-refractivity contribution in [3.05, 3.63) is 12.2 Å². The number of alkyl halides is 15. The Morgan fingerprint density at radius 1 is 0.667 bits per heavy atom. The van der Waals surface area contributed by atoms with E-state index in [1.807, 2.05) is 0 Å². The number of carbonyl (C=O) groups excluding carboxylic acids is 1. The highest BCUT2D eigenvalue weighted by Crippen LogP contribution is 2.62. The van der Waals surface area contributed by atoms with Crippen molar-refractivity contribution >= 4 is 5.97 Å². The number of carbonyl (C=O) groups is 1. The van der Waals surface area contributed by atoms with Crippen LogP contribution in [-0.4, -0.2) is 54.3 Å². The minimum Gasteiger partial charge on any atom is -0.459 e. The smallest absolute Gasteiger partial charge is 0.459 e. The van der Waals surface area contributed by atoms with Crippen molar-refractivity contribution in [1.29, 1.82) is 0 Å². The van der Waals surface area contributed by atoms with Gasteiger partial charge in [-0.25, -0.2) is 0 Å². The van der Waals surface area contributed by atoms with Gasteiger partial charge in [0.2, 0.25) is 0 Å². The molecule has 3 unspecified atom stereocenters. The summed E-state index contributed by atoms with van der Waals surface area (Å²) in [4.78, 5) is 11.7. The lowest BCUT2D eigenvalue weighted by atomic mass is 9.91. The van der Waals surface area contributed by atoms with Gasteiger partial charge in [0.15, 0.2) is 6.61 Å². The van der Waals surface area contributed by atoms with E-state index in [0.717, 1.165) is 0 Å². The fourth-order valence-corrected chi connectivity index (χ4v) is 3.41. The molecule has 0 saturated heterocycles. The average molecular weight is 520 g/mol. The van der Waals surface area contributed by atoms with E-state index in [2.05, 4.69) is 4.74 Å². The van der Waals surface area contributed by atoms with Crippen molar-refractivity contribution < 1.29 is 75.4 Å². The topological polar surface area (TPSA) is 26.3 Å². The Balaban J connectivity index is 2.29. The van der Waals surface area contributed by atoms with Crippen molar-refractivity contribution in [1.82, 2.24) is 0 Å². The van der Waals surface area contributed by atoms with E-state index >= 15 is 0 Å². The van der Waals surface area contributed by atoms with Gasteiger partial charge in [-0.15, -0.1) is 0 Å². The van der Waals surface area contributed by atoms with Crippen molar-refractivity contribution in [3.8, 4) is 0 Å². The third-order valence-corrected chi connectivity index (χ3v) is 5.37. The summed E-state index contributed by atoms with van der Waals surface area (Å²) < 4.78 is 200. The molecule has 1 saturated carbocycles. The lowest BCUT2D eigenvalue weighted by molar-refractivity contribution is -0.453. The van der Waals surface area contributed by atoms with Gasteiger partial charge in [-0.1, -0.05) is 12.2 Å². The number of rotatable bonds is 8. The third-order valence-electron chi connectivity index (χ3n) is 5.37. The summed E-state index contributed by atoms with van der Waals surface area (Å²) in [6, 6.07) is 0.